The van der Waals surface area contributed by atoms with Gasteiger partial charge in [0.25, 0.3) is 0 Å². The molecule has 1 fully saturated rings. The maximum absolute atomic E-state index is 12.7. The normalized spacial score (nSPS) is 17.5. The summed E-state index contributed by atoms with van der Waals surface area (Å²) in [6.45, 7) is 1.32. The second-order valence-electron chi connectivity index (χ2n) is 6.71. The van der Waals surface area contributed by atoms with E-state index in [1.807, 2.05) is 23.1 Å². The van der Waals surface area contributed by atoms with Crippen LogP contribution in [0.3, 0.4) is 0 Å². The number of benzene rings is 1. The summed E-state index contributed by atoms with van der Waals surface area (Å²) in [4.78, 5) is 16.1. The van der Waals surface area contributed by atoms with Gasteiger partial charge in [-0.25, -0.2) is 9.42 Å². The summed E-state index contributed by atoms with van der Waals surface area (Å²) in [6, 6.07) is 10.3. The molecule has 1 saturated heterocycles. The van der Waals surface area contributed by atoms with Gasteiger partial charge in [0.05, 0.1) is 0 Å². The average Bonchev–Trinajstić information content (AvgIpc) is 3.35. The molecular weight excluding hydrogens is 348 g/mol. The fourth-order valence-electron chi connectivity index (χ4n) is 3.55. The Kier molecular flexibility index (Phi) is 5.15. The molecule has 0 radical (unpaired) electrons. The third-order valence-electron chi connectivity index (χ3n) is 4.95. The highest BCUT2D eigenvalue weighted by atomic mass is 32.1. The number of urea groups is 1. The van der Waals surface area contributed by atoms with Crippen LogP contribution in [-0.4, -0.2) is 33.8 Å². The van der Waals surface area contributed by atoms with E-state index >= 15 is 0 Å². The number of aryl methyl sites for hydroxylation is 1. The lowest BCUT2D eigenvalue weighted by Gasteiger charge is -2.35. The smallest absolute Gasteiger partial charge is 0.317 e. The molecule has 7 heteroatoms. The van der Waals surface area contributed by atoms with Crippen molar-refractivity contribution in [2.24, 2.45) is 0 Å². The highest BCUT2D eigenvalue weighted by molar-refractivity contribution is 7.09. The van der Waals surface area contributed by atoms with Gasteiger partial charge in [-0.1, -0.05) is 12.1 Å². The zero-order chi connectivity index (χ0) is 17.8. The molecule has 6 nitrogen and oxygen atoms in total. The summed E-state index contributed by atoms with van der Waals surface area (Å²) in [5, 5.41) is 12.8. The van der Waals surface area contributed by atoms with Crippen LogP contribution in [0.15, 0.2) is 40.3 Å². The van der Waals surface area contributed by atoms with E-state index in [-0.39, 0.29) is 6.03 Å². The molecular formula is C19H22N4O2S. The summed E-state index contributed by atoms with van der Waals surface area (Å²) in [6.07, 6.45) is 5.45. The van der Waals surface area contributed by atoms with Gasteiger partial charge in [0.15, 0.2) is 0 Å². The Morgan fingerprint density at radius 2 is 2.19 bits per heavy atom. The highest BCUT2D eigenvalue weighted by Crippen LogP contribution is 2.23. The Hall–Kier alpha value is -2.41. The zero-order valence-electron chi connectivity index (χ0n) is 14.6. The number of fused-ring (bicyclic) bond motifs is 1. The van der Waals surface area contributed by atoms with E-state index < -0.39 is 0 Å². The van der Waals surface area contributed by atoms with Crippen LogP contribution in [0.4, 0.5) is 4.79 Å². The van der Waals surface area contributed by atoms with Crippen molar-refractivity contribution < 1.29 is 9.42 Å². The van der Waals surface area contributed by atoms with Gasteiger partial charge in [-0.05, 0) is 71.6 Å². The Bertz CT molecular complexity index is 861. The van der Waals surface area contributed by atoms with E-state index in [1.165, 1.54) is 11.3 Å². The summed E-state index contributed by atoms with van der Waals surface area (Å²) in [7, 11) is 0. The van der Waals surface area contributed by atoms with Gasteiger partial charge in [0.1, 0.15) is 11.0 Å². The molecule has 26 heavy (non-hydrogen) atoms. The zero-order valence-corrected chi connectivity index (χ0v) is 15.4. The minimum Gasteiger partial charge on any atom is -0.334 e. The number of carbonyl (C=O) groups excluding carboxylic acids is 1. The summed E-state index contributed by atoms with van der Waals surface area (Å²) >= 11 is 1.79. The van der Waals surface area contributed by atoms with Crippen molar-refractivity contribution in [1.29, 1.82) is 0 Å². The second kappa shape index (κ2) is 7.86. The number of nitrogens with one attached hydrogen (secondary N) is 1. The molecule has 2 aromatic heterocycles. The SMILES string of the molecule is O=C(NCc1ccc2nonc2c1)N1CCCCC1CCc1cccs1. The number of aromatic nitrogens is 2. The second-order valence-corrected chi connectivity index (χ2v) is 7.74. The number of piperidine rings is 1. The topological polar surface area (TPSA) is 71.3 Å². The fourth-order valence-corrected chi connectivity index (χ4v) is 4.27. The fraction of sp³-hybridized carbons (Fsp3) is 0.421. The molecule has 1 unspecified atom stereocenters. The van der Waals surface area contributed by atoms with E-state index in [0.29, 0.717) is 18.1 Å². The molecule has 0 aliphatic carbocycles. The Morgan fingerprint density at radius 3 is 3.08 bits per heavy atom. The first-order valence-electron chi connectivity index (χ1n) is 9.07. The van der Waals surface area contributed by atoms with Crippen molar-refractivity contribution in [1.82, 2.24) is 20.5 Å². The van der Waals surface area contributed by atoms with Crippen molar-refractivity contribution in [3.63, 3.8) is 0 Å². The number of hydrogen-bond donors (Lipinski definition) is 1. The first kappa shape index (κ1) is 17.0. The van der Waals surface area contributed by atoms with Crippen LogP contribution in [-0.2, 0) is 13.0 Å². The number of nitrogens with zero attached hydrogens (tertiary/aromatic N) is 3. The van der Waals surface area contributed by atoms with Crippen molar-refractivity contribution >= 4 is 28.4 Å². The number of carbonyl (C=O) groups is 1. The lowest BCUT2D eigenvalue weighted by molar-refractivity contribution is 0.146. The first-order valence-corrected chi connectivity index (χ1v) is 9.95. The van der Waals surface area contributed by atoms with Crippen molar-refractivity contribution in [2.75, 3.05) is 6.54 Å². The Balaban J connectivity index is 1.35. The highest BCUT2D eigenvalue weighted by Gasteiger charge is 2.26. The lowest BCUT2D eigenvalue weighted by Crippen LogP contribution is -2.48. The van der Waals surface area contributed by atoms with Gasteiger partial charge in [0, 0.05) is 24.0 Å². The molecule has 1 aromatic carbocycles. The van der Waals surface area contributed by atoms with Gasteiger partial charge in [-0.3, -0.25) is 0 Å². The van der Waals surface area contributed by atoms with Gasteiger partial charge in [-0.15, -0.1) is 11.3 Å². The number of hydrogen-bond acceptors (Lipinski definition) is 5. The lowest BCUT2D eigenvalue weighted by atomic mass is 9.98. The minimum atomic E-state index is 0.0271. The maximum atomic E-state index is 12.7. The molecule has 1 atom stereocenters. The Morgan fingerprint density at radius 1 is 1.27 bits per heavy atom. The predicted octanol–water partition coefficient (Wildman–Crippen LogP) is 3.98. The summed E-state index contributed by atoms with van der Waals surface area (Å²) in [5.74, 6) is 0. The molecule has 2 amide bonds. The van der Waals surface area contributed by atoms with Crippen LogP contribution in [0, 0.1) is 0 Å². The van der Waals surface area contributed by atoms with E-state index in [1.54, 1.807) is 11.3 Å². The standard InChI is InChI=1S/C19H22N4O2S/c24-19(20-13-14-6-9-17-18(12-14)22-25-21-17)23-10-2-1-4-15(23)7-8-16-5-3-11-26-16/h3,5-6,9,11-12,15H,1-2,4,7-8,10,13H2,(H,20,24). The third kappa shape index (κ3) is 3.88. The van der Waals surface area contributed by atoms with E-state index in [9.17, 15) is 4.79 Å². The first-order chi connectivity index (χ1) is 12.8. The summed E-state index contributed by atoms with van der Waals surface area (Å²) in [5.41, 5.74) is 2.43. The van der Waals surface area contributed by atoms with Gasteiger partial charge >= 0.3 is 6.03 Å². The average molecular weight is 370 g/mol. The number of likely N-dealkylation sites (tertiary alicyclic amines) is 1. The van der Waals surface area contributed by atoms with Crippen molar-refractivity contribution in [2.45, 2.75) is 44.7 Å². The molecule has 0 spiro atoms. The van der Waals surface area contributed by atoms with Gasteiger partial charge in [-0.2, -0.15) is 0 Å². The molecule has 4 rings (SSSR count). The monoisotopic (exact) mass is 370 g/mol. The molecule has 3 aromatic rings. The van der Waals surface area contributed by atoms with Crippen LogP contribution < -0.4 is 5.32 Å². The largest absolute Gasteiger partial charge is 0.334 e. The van der Waals surface area contributed by atoms with Gasteiger partial charge < -0.3 is 10.2 Å². The quantitative estimate of drug-likeness (QED) is 0.737. The molecule has 1 N–H and O–H groups in total. The minimum absolute atomic E-state index is 0.0271. The van der Waals surface area contributed by atoms with E-state index in [2.05, 4.69) is 33.1 Å². The predicted molar refractivity (Wildman–Crippen MR) is 101 cm³/mol. The number of amides is 2. The molecule has 0 bridgehead atoms. The van der Waals surface area contributed by atoms with Crippen LogP contribution >= 0.6 is 11.3 Å². The number of thiophene rings is 1. The molecule has 0 saturated carbocycles. The number of rotatable bonds is 5. The summed E-state index contributed by atoms with van der Waals surface area (Å²) < 4.78 is 4.72. The van der Waals surface area contributed by atoms with Crippen molar-refractivity contribution in [3.8, 4) is 0 Å². The maximum Gasteiger partial charge on any atom is 0.317 e. The molecule has 1 aliphatic rings. The van der Waals surface area contributed by atoms with Crippen LogP contribution in [0.25, 0.3) is 11.0 Å². The van der Waals surface area contributed by atoms with E-state index in [4.69, 9.17) is 4.63 Å². The van der Waals surface area contributed by atoms with Crippen molar-refractivity contribution in [3.05, 3.63) is 46.2 Å². The van der Waals surface area contributed by atoms with Gasteiger partial charge in [0.2, 0.25) is 0 Å². The third-order valence-corrected chi connectivity index (χ3v) is 5.89. The van der Waals surface area contributed by atoms with E-state index in [0.717, 1.165) is 43.3 Å². The van der Waals surface area contributed by atoms with Crippen LogP contribution in [0.1, 0.15) is 36.1 Å². The van der Waals surface area contributed by atoms with Crippen LogP contribution in [0.2, 0.25) is 0 Å². The van der Waals surface area contributed by atoms with Crippen LogP contribution in [0.5, 0.6) is 0 Å². The molecule has 136 valence electrons. The molecule has 1 aliphatic heterocycles. The molecule has 3 heterocycles. The Labute approximate surface area is 156 Å².